The van der Waals surface area contributed by atoms with Crippen LogP contribution in [0.3, 0.4) is 0 Å². The third-order valence-corrected chi connectivity index (χ3v) is 5.29. The van der Waals surface area contributed by atoms with Gasteiger partial charge in [-0.15, -0.1) is 11.3 Å². The summed E-state index contributed by atoms with van der Waals surface area (Å²) in [6.07, 6.45) is 4.47. The molecule has 3 atom stereocenters. The number of likely N-dealkylation sites (tertiary alicyclic amines) is 1. The van der Waals surface area contributed by atoms with E-state index in [9.17, 15) is 5.11 Å². The number of methoxy groups -OCH3 is 1. The lowest BCUT2D eigenvalue weighted by Gasteiger charge is -2.45. The Hall–Kier alpha value is -0.490. The molecule has 1 aromatic rings. The van der Waals surface area contributed by atoms with E-state index < -0.39 is 0 Å². The Morgan fingerprint density at radius 1 is 1.47 bits per heavy atom. The van der Waals surface area contributed by atoms with Crippen molar-refractivity contribution in [2.24, 2.45) is 5.92 Å². The highest BCUT2D eigenvalue weighted by Gasteiger charge is 2.37. The van der Waals surface area contributed by atoms with Gasteiger partial charge in [-0.3, -0.25) is 4.90 Å². The minimum absolute atomic E-state index is 0.145. The normalized spacial score (nSPS) is 31.6. The molecule has 1 saturated carbocycles. The molecule has 1 saturated heterocycles. The summed E-state index contributed by atoms with van der Waals surface area (Å²) in [6, 6.07) is 0.347. The van der Waals surface area contributed by atoms with Gasteiger partial charge in [-0.2, -0.15) is 0 Å². The molecule has 0 spiro atoms. The predicted molar refractivity (Wildman–Crippen MR) is 75.0 cm³/mol. The number of aliphatic hydroxyl groups is 1. The van der Waals surface area contributed by atoms with Crippen LogP contribution in [-0.2, 0) is 17.9 Å². The maximum absolute atomic E-state index is 10.2. The highest BCUT2D eigenvalue weighted by atomic mass is 32.1. The zero-order valence-electron chi connectivity index (χ0n) is 11.4. The van der Waals surface area contributed by atoms with Gasteiger partial charge in [0.05, 0.1) is 18.4 Å². The van der Waals surface area contributed by atoms with Crippen molar-refractivity contribution in [1.29, 1.82) is 0 Å². The Kier molecular flexibility index (Phi) is 4.17. The van der Waals surface area contributed by atoms with E-state index in [0.717, 1.165) is 42.6 Å². The van der Waals surface area contributed by atoms with E-state index in [0.29, 0.717) is 12.6 Å². The minimum atomic E-state index is -0.145. The second-order valence-corrected chi connectivity index (χ2v) is 6.68. The van der Waals surface area contributed by atoms with Gasteiger partial charge in [0, 0.05) is 25.1 Å². The molecular weight excluding hydrogens is 260 g/mol. The van der Waals surface area contributed by atoms with Gasteiger partial charge >= 0.3 is 0 Å². The number of ether oxygens (including phenoxy) is 1. The Morgan fingerprint density at radius 3 is 3.21 bits per heavy atom. The van der Waals surface area contributed by atoms with Gasteiger partial charge in [0.1, 0.15) is 5.01 Å². The first kappa shape index (κ1) is 13.5. The third kappa shape index (κ3) is 2.99. The van der Waals surface area contributed by atoms with E-state index in [-0.39, 0.29) is 6.10 Å². The van der Waals surface area contributed by atoms with Crippen LogP contribution in [0.15, 0.2) is 5.38 Å². The molecule has 4 nitrogen and oxygen atoms in total. The SMILES string of the molecule is COCc1nc(CN2CCC3CCC(O)C2C3)cs1. The van der Waals surface area contributed by atoms with Gasteiger partial charge in [0.25, 0.3) is 0 Å². The lowest BCUT2D eigenvalue weighted by atomic mass is 9.78. The predicted octanol–water partition coefficient (Wildman–Crippen LogP) is 2.02. The fourth-order valence-corrected chi connectivity index (χ4v) is 4.16. The molecule has 2 fully saturated rings. The lowest BCUT2D eigenvalue weighted by molar-refractivity contribution is -0.0315. The van der Waals surface area contributed by atoms with Gasteiger partial charge in [-0.25, -0.2) is 4.98 Å². The average Bonchev–Trinajstić information content (AvgIpc) is 2.85. The number of hydrogen-bond acceptors (Lipinski definition) is 5. The van der Waals surface area contributed by atoms with Crippen LogP contribution in [0.25, 0.3) is 0 Å². The molecule has 2 bridgehead atoms. The lowest BCUT2D eigenvalue weighted by Crippen LogP contribution is -2.51. The summed E-state index contributed by atoms with van der Waals surface area (Å²) in [5.41, 5.74) is 1.12. The topological polar surface area (TPSA) is 45.6 Å². The third-order valence-electron chi connectivity index (χ3n) is 4.42. The first-order valence-electron chi connectivity index (χ1n) is 7.10. The zero-order chi connectivity index (χ0) is 13.2. The summed E-state index contributed by atoms with van der Waals surface area (Å²) in [6.45, 7) is 2.57. The van der Waals surface area contributed by atoms with Gasteiger partial charge < -0.3 is 9.84 Å². The van der Waals surface area contributed by atoms with E-state index >= 15 is 0 Å². The highest BCUT2D eigenvalue weighted by molar-refractivity contribution is 7.09. The van der Waals surface area contributed by atoms with Crippen LogP contribution in [-0.4, -0.2) is 40.8 Å². The monoisotopic (exact) mass is 282 g/mol. The van der Waals surface area contributed by atoms with Crippen LogP contribution in [0.5, 0.6) is 0 Å². The molecule has 0 amide bonds. The number of hydrogen-bond donors (Lipinski definition) is 1. The smallest absolute Gasteiger partial charge is 0.119 e. The summed E-state index contributed by atoms with van der Waals surface area (Å²) in [5, 5.41) is 13.3. The van der Waals surface area contributed by atoms with Crippen molar-refractivity contribution in [1.82, 2.24) is 9.88 Å². The van der Waals surface area contributed by atoms with E-state index in [1.54, 1.807) is 18.4 Å². The molecule has 3 rings (SSSR count). The molecule has 1 aliphatic heterocycles. The quantitative estimate of drug-likeness (QED) is 0.918. The molecule has 1 aromatic heterocycles. The van der Waals surface area contributed by atoms with Crippen molar-refractivity contribution >= 4 is 11.3 Å². The molecule has 5 heteroatoms. The van der Waals surface area contributed by atoms with E-state index in [1.165, 1.54) is 12.8 Å². The van der Waals surface area contributed by atoms with Crippen LogP contribution < -0.4 is 0 Å². The number of nitrogens with zero attached hydrogens (tertiary/aromatic N) is 2. The molecular formula is C14H22N2O2S. The van der Waals surface area contributed by atoms with Gasteiger partial charge in [-0.1, -0.05) is 0 Å². The second kappa shape index (κ2) is 5.87. The number of fused-ring (bicyclic) bond motifs is 2. The van der Waals surface area contributed by atoms with Crippen molar-refractivity contribution in [3.05, 3.63) is 16.1 Å². The van der Waals surface area contributed by atoms with Crippen molar-refractivity contribution in [3.63, 3.8) is 0 Å². The molecule has 1 aliphatic carbocycles. The van der Waals surface area contributed by atoms with Gasteiger partial charge in [0.15, 0.2) is 0 Å². The standard InChI is InChI=1S/C14H22N2O2S/c1-18-8-14-15-11(9-19-14)7-16-5-4-10-2-3-13(17)12(16)6-10/h9-10,12-13,17H,2-8H2,1H3. The van der Waals surface area contributed by atoms with Crippen LogP contribution >= 0.6 is 11.3 Å². The van der Waals surface area contributed by atoms with Crippen molar-refractivity contribution in [2.45, 2.75) is 51.0 Å². The van der Waals surface area contributed by atoms with Crippen LogP contribution in [0.1, 0.15) is 36.4 Å². The Morgan fingerprint density at radius 2 is 2.37 bits per heavy atom. The molecule has 3 unspecified atom stereocenters. The molecule has 2 aliphatic rings. The van der Waals surface area contributed by atoms with Crippen LogP contribution in [0, 0.1) is 5.92 Å². The molecule has 106 valence electrons. The Bertz CT molecular complexity index is 423. The van der Waals surface area contributed by atoms with Gasteiger partial charge in [0.2, 0.25) is 0 Å². The summed E-state index contributed by atoms with van der Waals surface area (Å²) < 4.78 is 5.11. The maximum atomic E-state index is 10.2. The van der Waals surface area contributed by atoms with Crippen molar-refractivity contribution < 1.29 is 9.84 Å². The first-order valence-corrected chi connectivity index (χ1v) is 7.98. The van der Waals surface area contributed by atoms with E-state index in [1.807, 2.05) is 0 Å². The molecule has 2 heterocycles. The fraction of sp³-hybridized carbons (Fsp3) is 0.786. The van der Waals surface area contributed by atoms with E-state index in [2.05, 4.69) is 15.3 Å². The van der Waals surface area contributed by atoms with Crippen molar-refractivity contribution in [3.8, 4) is 0 Å². The largest absolute Gasteiger partial charge is 0.391 e. The molecule has 19 heavy (non-hydrogen) atoms. The summed E-state index contributed by atoms with van der Waals surface area (Å²) in [5.74, 6) is 0.837. The van der Waals surface area contributed by atoms with Crippen molar-refractivity contribution in [2.75, 3.05) is 13.7 Å². The highest BCUT2D eigenvalue weighted by Crippen LogP contribution is 2.35. The fourth-order valence-electron chi connectivity index (χ4n) is 3.40. The molecule has 0 aromatic carbocycles. The van der Waals surface area contributed by atoms with Crippen LogP contribution in [0.2, 0.25) is 0 Å². The van der Waals surface area contributed by atoms with E-state index in [4.69, 9.17) is 4.74 Å². The average molecular weight is 282 g/mol. The number of piperidine rings is 1. The number of aliphatic hydroxyl groups excluding tert-OH is 1. The first-order chi connectivity index (χ1) is 9.26. The molecule has 0 radical (unpaired) electrons. The zero-order valence-corrected chi connectivity index (χ0v) is 12.2. The second-order valence-electron chi connectivity index (χ2n) is 5.74. The van der Waals surface area contributed by atoms with Crippen LogP contribution in [0.4, 0.5) is 0 Å². The minimum Gasteiger partial charge on any atom is -0.391 e. The molecule has 1 N–H and O–H groups in total. The Labute approximate surface area is 118 Å². The Balaban J connectivity index is 1.64. The summed E-state index contributed by atoms with van der Waals surface area (Å²) in [4.78, 5) is 7.02. The van der Waals surface area contributed by atoms with Gasteiger partial charge in [-0.05, 0) is 38.1 Å². The number of aromatic nitrogens is 1. The number of rotatable bonds is 4. The maximum Gasteiger partial charge on any atom is 0.119 e. The summed E-state index contributed by atoms with van der Waals surface area (Å²) in [7, 11) is 1.70. The summed E-state index contributed by atoms with van der Waals surface area (Å²) >= 11 is 1.66. The number of thiazole rings is 1.